The lowest BCUT2D eigenvalue weighted by Gasteiger charge is -2.30. The molecule has 4 heterocycles. The first kappa shape index (κ1) is 26.1. The Labute approximate surface area is 231 Å². The van der Waals surface area contributed by atoms with Gasteiger partial charge in [0.25, 0.3) is 5.91 Å². The third-order valence-electron chi connectivity index (χ3n) is 6.91. The number of carbonyl (C=O) groups excluding carboxylic acids is 2. The largest absolute Gasteiger partial charge is 0.457 e. The van der Waals surface area contributed by atoms with Crippen molar-refractivity contribution in [3.8, 4) is 11.5 Å². The maximum absolute atomic E-state index is 13.4. The Kier molecular flexibility index (Phi) is 6.59. The second-order valence-electron chi connectivity index (χ2n) is 9.64. The average Bonchev–Trinajstić information content (AvgIpc) is 3.29. The van der Waals surface area contributed by atoms with E-state index in [4.69, 9.17) is 4.74 Å². The number of piperidine rings is 1. The fraction of sp³-hybridized carbons (Fsp3) is 0.250. The molecule has 8 nitrogen and oxygen atoms in total. The number of rotatable bonds is 5. The Morgan fingerprint density at radius 1 is 1.18 bits per heavy atom. The molecule has 3 amide bonds. The molecule has 2 aliphatic heterocycles. The van der Waals surface area contributed by atoms with Crippen LogP contribution < -0.4 is 25.6 Å². The highest BCUT2D eigenvalue weighted by atomic mass is 32.1. The summed E-state index contributed by atoms with van der Waals surface area (Å²) in [7, 11) is 0. The summed E-state index contributed by atoms with van der Waals surface area (Å²) in [6.07, 6.45) is -1.13. The number of benzene rings is 2. The zero-order valence-corrected chi connectivity index (χ0v) is 22.1. The molecule has 0 spiro atoms. The Balaban J connectivity index is 1.32. The highest BCUT2D eigenvalue weighted by molar-refractivity contribution is 7.21. The third kappa shape index (κ3) is 4.73. The average molecular weight is 568 g/mol. The number of anilines is 3. The van der Waals surface area contributed by atoms with Crippen LogP contribution in [0, 0.1) is 6.92 Å². The molecule has 4 aromatic rings. The molecule has 6 rings (SSSR count). The number of para-hydroxylation sites is 1. The zero-order chi connectivity index (χ0) is 28.0. The van der Waals surface area contributed by atoms with E-state index in [-0.39, 0.29) is 23.4 Å². The number of halogens is 3. The third-order valence-corrected chi connectivity index (χ3v) is 8.01. The maximum atomic E-state index is 13.4. The number of pyridine rings is 1. The molecule has 1 saturated heterocycles. The van der Waals surface area contributed by atoms with Crippen LogP contribution in [0.25, 0.3) is 10.2 Å². The number of carbonyl (C=O) groups is 2. The first-order valence-corrected chi connectivity index (χ1v) is 13.5. The fourth-order valence-electron chi connectivity index (χ4n) is 5.07. The second-order valence-corrected chi connectivity index (χ2v) is 10.6. The van der Waals surface area contributed by atoms with Crippen molar-refractivity contribution >= 4 is 50.6 Å². The van der Waals surface area contributed by atoms with E-state index in [1.165, 1.54) is 40.5 Å². The fourth-order valence-corrected chi connectivity index (χ4v) is 6.09. The van der Waals surface area contributed by atoms with Gasteiger partial charge in [-0.1, -0.05) is 12.1 Å². The van der Waals surface area contributed by atoms with E-state index in [0.717, 1.165) is 25.5 Å². The predicted molar refractivity (Wildman–Crippen MR) is 147 cm³/mol. The highest BCUT2D eigenvalue weighted by Gasteiger charge is 2.35. The monoisotopic (exact) mass is 567 g/mol. The number of urea groups is 1. The van der Waals surface area contributed by atoms with Crippen molar-refractivity contribution in [1.82, 2.24) is 15.6 Å². The summed E-state index contributed by atoms with van der Waals surface area (Å²) >= 11 is 1.21. The topological polar surface area (TPSA) is 95.6 Å². The number of hydrogen-bond acceptors (Lipinski definition) is 6. The summed E-state index contributed by atoms with van der Waals surface area (Å²) in [5, 5.41) is 9.84. The van der Waals surface area contributed by atoms with Crippen molar-refractivity contribution in [3.05, 3.63) is 70.7 Å². The standard InChI is InChI=1S/C28H24F3N5O3S/c1-15-13-17(39-21-7-3-2-6-18(21)28(29,30)31)8-9-19(15)36-20-10-12-33-26-22(20)23(35-27(36)38)24(40-26)25(37)34-16-5-4-11-32-14-16/h2-3,6-10,12-13,16,32H,4-5,11,14H2,1H3,(H,34,37)(H,35,38)/t16-/m1/s1. The first-order chi connectivity index (χ1) is 19.2. The smallest absolute Gasteiger partial charge is 0.419 e. The van der Waals surface area contributed by atoms with Crippen molar-refractivity contribution in [2.24, 2.45) is 0 Å². The predicted octanol–water partition coefficient (Wildman–Crippen LogP) is 6.58. The molecule has 40 heavy (non-hydrogen) atoms. The van der Waals surface area contributed by atoms with Gasteiger partial charge < -0.3 is 20.7 Å². The van der Waals surface area contributed by atoms with E-state index in [0.29, 0.717) is 44.3 Å². The minimum atomic E-state index is -4.56. The van der Waals surface area contributed by atoms with Gasteiger partial charge in [0.1, 0.15) is 21.2 Å². The van der Waals surface area contributed by atoms with E-state index in [1.807, 2.05) is 0 Å². The minimum Gasteiger partial charge on any atom is -0.457 e. The van der Waals surface area contributed by atoms with Crippen LogP contribution in [0.1, 0.15) is 33.6 Å². The number of aromatic nitrogens is 1. The van der Waals surface area contributed by atoms with Gasteiger partial charge in [-0.25, -0.2) is 9.78 Å². The van der Waals surface area contributed by atoms with Crippen LogP contribution in [-0.4, -0.2) is 36.1 Å². The number of nitrogens with one attached hydrogen (secondary N) is 3. The lowest BCUT2D eigenvalue weighted by atomic mass is 10.1. The number of hydrogen-bond donors (Lipinski definition) is 3. The minimum absolute atomic E-state index is 0.00774. The summed E-state index contributed by atoms with van der Waals surface area (Å²) in [5.74, 6) is -0.378. The lowest BCUT2D eigenvalue weighted by molar-refractivity contribution is -0.138. The van der Waals surface area contributed by atoms with Crippen molar-refractivity contribution < 1.29 is 27.5 Å². The van der Waals surface area contributed by atoms with Gasteiger partial charge in [0, 0.05) is 18.8 Å². The second kappa shape index (κ2) is 10.1. The van der Waals surface area contributed by atoms with E-state index >= 15 is 0 Å². The molecule has 12 heteroatoms. The number of thiophene rings is 1. The van der Waals surface area contributed by atoms with Gasteiger partial charge in [0.15, 0.2) is 0 Å². The summed E-state index contributed by atoms with van der Waals surface area (Å²) in [6.45, 7) is 3.35. The van der Waals surface area contributed by atoms with Gasteiger partial charge in [0.2, 0.25) is 0 Å². The molecule has 0 aliphatic carbocycles. The first-order valence-electron chi connectivity index (χ1n) is 12.7. The number of ether oxygens (including phenoxy) is 1. The number of amides is 3. The van der Waals surface area contributed by atoms with Crippen LogP contribution >= 0.6 is 11.3 Å². The molecular formula is C28H24F3N5O3S. The van der Waals surface area contributed by atoms with Crippen LogP contribution in [-0.2, 0) is 6.18 Å². The summed E-state index contributed by atoms with van der Waals surface area (Å²) in [4.78, 5) is 33.5. The van der Waals surface area contributed by atoms with Crippen molar-refractivity contribution in [1.29, 1.82) is 0 Å². The van der Waals surface area contributed by atoms with E-state index in [2.05, 4.69) is 20.9 Å². The van der Waals surface area contributed by atoms with Gasteiger partial charge in [-0.05, 0) is 68.3 Å². The van der Waals surface area contributed by atoms with Gasteiger partial charge in [-0.15, -0.1) is 11.3 Å². The zero-order valence-electron chi connectivity index (χ0n) is 21.3. The molecule has 2 aliphatic rings. The molecule has 2 aromatic heterocycles. The van der Waals surface area contributed by atoms with Gasteiger partial charge >= 0.3 is 12.2 Å². The molecule has 0 radical (unpaired) electrons. The Hall–Kier alpha value is -4.16. The van der Waals surface area contributed by atoms with E-state index in [1.54, 1.807) is 31.3 Å². The maximum Gasteiger partial charge on any atom is 0.419 e. The normalized spacial score (nSPS) is 17.1. The Morgan fingerprint density at radius 3 is 2.75 bits per heavy atom. The van der Waals surface area contributed by atoms with Crippen LogP contribution in [0.3, 0.4) is 0 Å². The quantitative estimate of drug-likeness (QED) is 0.253. The SMILES string of the molecule is Cc1cc(Oc2ccccc2C(F)(F)F)ccc1N1C(=O)Nc2c(C(=O)N[C@@H]3CCCNC3)sc3nccc1c23. The summed E-state index contributed by atoms with van der Waals surface area (Å²) in [6, 6.07) is 10.9. The molecule has 206 valence electrons. The number of aryl methyl sites for hydroxylation is 1. The number of nitrogens with zero attached hydrogens (tertiary/aromatic N) is 2. The molecule has 0 bridgehead atoms. The van der Waals surface area contributed by atoms with Crippen molar-refractivity contribution in [3.63, 3.8) is 0 Å². The molecule has 2 aromatic carbocycles. The molecular weight excluding hydrogens is 543 g/mol. The van der Waals surface area contributed by atoms with E-state index < -0.39 is 17.8 Å². The lowest BCUT2D eigenvalue weighted by Crippen LogP contribution is -2.45. The molecule has 0 unspecified atom stereocenters. The summed E-state index contributed by atoms with van der Waals surface area (Å²) in [5.41, 5.74) is 1.21. The van der Waals surface area contributed by atoms with Gasteiger partial charge in [0.05, 0.1) is 28.0 Å². The van der Waals surface area contributed by atoms with E-state index in [9.17, 15) is 22.8 Å². The Morgan fingerprint density at radius 2 is 2.00 bits per heavy atom. The van der Waals surface area contributed by atoms with Crippen molar-refractivity contribution in [2.75, 3.05) is 23.3 Å². The highest BCUT2D eigenvalue weighted by Crippen LogP contribution is 2.47. The molecule has 3 N–H and O–H groups in total. The summed E-state index contributed by atoms with van der Waals surface area (Å²) < 4.78 is 45.8. The van der Waals surface area contributed by atoms with Gasteiger partial charge in [-0.2, -0.15) is 13.2 Å². The molecule has 0 saturated carbocycles. The van der Waals surface area contributed by atoms with Gasteiger partial charge in [-0.3, -0.25) is 9.69 Å². The number of alkyl halides is 3. The Bertz CT molecular complexity index is 1630. The van der Waals surface area contributed by atoms with Crippen LogP contribution in [0.4, 0.5) is 35.0 Å². The molecule has 1 fully saturated rings. The van der Waals surface area contributed by atoms with Crippen molar-refractivity contribution in [2.45, 2.75) is 32.0 Å². The van der Waals surface area contributed by atoms with Crippen LogP contribution in [0.2, 0.25) is 0 Å². The molecule has 1 atom stereocenters. The van der Waals surface area contributed by atoms with Crippen LogP contribution in [0.5, 0.6) is 11.5 Å². The van der Waals surface area contributed by atoms with Crippen LogP contribution in [0.15, 0.2) is 54.7 Å².